The van der Waals surface area contributed by atoms with Crippen LogP contribution >= 0.6 is 0 Å². The summed E-state index contributed by atoms with van der Waals surface area (Å²) in [4.78, 5) is 29.2. The second kappa shape index (κ2) is 8.89. The molecule has 1 aliphatic carbocycles. The van der Waals surface area contributed by atoms with Crippen LogP contribution in [-0.4, -0.2) is 68.1 Å². The van der Waals surface area contributed by atoms with Crippen molar-refractivity contribution < 1.29 is 49.1 Å². The fourth-order valence-electron chi connectivity index (χ4n) is 3.98. The van der Waals surface area contributed by atoms with Gasteiger partial charge in [0.15, 0.2) is 9.84 Å². The molecule has 2 aliphatic rings. The first-order chi connectivity index (χ1) is 15.5. The van der Waals surface area contributed by atoms with Crippen LogP contribution in [0, 0.1) is 11.3 Å². The molecule has 3 rings (SSSR count). The van der Waals surface area contributed by atoms with E-state index in [-0.39, 0.29) is 37.6 Å². The summed E-state index contributed by atoms with van der Waals surface area (Å²) in [6.45, 7) is -0.292. The number of rotatable bonds is 5. The number of hydrogen-bond acceptors (Lipinski definition) is 6. The molecule has 2 heterocycles. The lowest BCUT2D eigenvalue weighted by Gasteiger charge is -2.33. The largest absolute Gasteiger partial charge is 0.434 e. The molecule has 0 radical (unpaired) electrons. The standard InChI is InChI=1S/C19H21F6N3O5S/c1-34(31,32)10-12-3-2-11(9-26-12)27-14(29)13-8-17(13)4-6-28(7-5-17)16(30)33-15(18(20,21)22)19(23,24)25/h2-3,9,13,15H,4-8,10H2,1H3,(H,27,29). The van der Waals surface area contributed by atoms with E-state index in [1.54, 1.807) is 0 Å². The number of piperidine rings is 1. The summed E-state index contributed by atoms with van der Waals surface area (Å²) < 4.78 is 102. The van der Waals surface area contributed by atoms with Crippen molar-refractivity contribution >= 4 is 27.5 Å². The highest BCUT2D eigenvalue weighted by Gasteiger charge is 2.61. The van der Waals surface area contributed by atoms with Gasteiger partial charge in [-0.1, -0.05) is 0 Å². The first-order valence-corrected chi connectivity index (χ1v) is 12.1. The van der Waals surface area contributed by atoms with Gasteiger partial charge in [-0.05, 0) is 36.8 Å². The SMILES string of the molecule is CS(=O)(=O)Cc1ccc(NC(=O)C2CC23CCN(C(=O)OC(C(F)(F)F)C(F)(F)F)CC3)cn1. The van der Waals surface area contributed by atoms with Gasteiger partial charge in [0.1, 0.15) is 0 Å². The average Bonchev–Trinajstić information content (AvgIpc) is 3.38. The number of ether oxygens (including phenoxy) is 1. The van der Waals surface area contributed by atoms with E-state index in [1.807, 2.05) is 0 Å². The lowest BCUT2D eigenvalue weighted by molar-refractivity contribution is -0.308. The van der Waals surface area contributed by atoms with Crippen LogP contribution in [0.1, 0.15) is 25.0 Å². The summed E-state index contributed by atoms with van der Waals surface area (Å²) in [7, 11) is -3.27. The molecule has 1 aromatic heterocycles. The molecular weight excluding hydrogens is 496 g/mol. The summed E-state index contributed by atoms with van der Waals surface area (Å²) in [5.74, 6) is -1.04. The van der Waals surface area contributed by atoms with E-state index in [0.717, 1.165) is 11.2 Å². The summed E-state index contributed by atoms with van der Waals surface area (Å²) in [5, 5.41) is 2.65. The Morgan fingerprint density at radius 2 is 1.76 bits per heavy atom. The Kier molecular flexibility index (Phi) is 6.81. The number of amides is 2. The van der Waals surface area contributed by atoms with Crippen LogP contribution in [-0.2, 0) is 25.1 Å². The molecule has 2 fully saturated rings. The molecule has 1 saturated carbocycles. The van der Waals surface area contributed by atoms with Crippen molar-refractivity contribution in [1.29, 1.82) is 0 Å². The molecular formula is C19H21F6N3O5S. The van der Waals surface area contributed by atoms with Crippen molar-refractivity contribution in [2.75, 3.05) is 24.7 Å². The van der Waals surface area contributed by atoms with Crippen LogP contribution in [0.25, 0.3) is 0 Å². The second-order valence-electron chi connectivity index (χ2n) is 8.55. The zero-order valence-corrected chi connectivity index (χ0v) is 18.6. The predicted octanol–water partition coefficient (Wildman–Crippen LogP) is 3.30. The predicted molar refractivity (Wildman–Crippen MR) is 105 cm³/mol. The molecule has 0 aromatic carbocycles. The van der Waals surface area contributed by atoms with Crippen molar-refractivity contribution in [2.24, 2.45) is 11.3 Å². The molecule has 1 spiro atoms. The third-order valence-electron chi connectivity index (χ3n) is 5.84. The molecule has 1 aliphatic heterocycles. The molecule has 0 bridgehead atoms. The van der Waals surface area contributed by atoms with E-state index < -0.39 is 45.7 Å². The Morgan fingerprint density at radius 1 is 1.18 bits per heavy atom. The number of halogens is 6. The van der Waals surface area contributed by atoms with Gasteiger partial charge in [0.25, 0.3) is 6.10 Å². The van der Waals surface area contributed by atoms with Gasteiger partial charge in [-0.2, -0.15) is 26.3 Å². The Bertz CT molecular complexity index is 1020. The number of likely N-dealkylation sites (tertiary alicyclic amines) is 1. The number of alkyl halides is 6. The number of carbonyl (C=O) groups is 2. The summed E-state index contributed by atoms with van der Waals surface area (Å²) >= 11 is 0. The lowest BCUT2D eigenvalue weighted by atomic mass is 9.91. The number of aromatic nitrogens is 1. The first kappa shape index (κ1) is 26.0. The summed E-state index contributed by atoms with van der Waals surface area (Å²) in [5.41, 5.74) is 0.148. The van der Waals surface area contributed by atoms with E-state index in [2.05, 4.69) is 15.0 Å². The molecule has 8 nitrogen and oxygen atoms in total. The maximum atomic E-state index is 12.6. The van der Waals surface area contributed by atoms with Crippen LogP contribution in [0.15, 0.2) is 18.3 Å². The van der Waals surface area contributed by atoms with E-state index in [9.17, 15) is 44.3 Å². The van der Waals surface area contributed by atoms with Crippen molar-refractivity contribution in [2.45, 2.75) is 43.5 Å². The molecule has 1 N–H and O–H groups in total. The van der Waals surface area contributed by atoms with E-state index in [0.29, 0.717) is 17.8 Å². The number of anilines is 1. The normalized spacial score (nSPS) is 20.4. The molecule has 2 amide bonds. The van der Waals surface area contributed by atoms with Crippen molar-refractivity contribution in [3.63, 3.8) is 0 Å². The molecule has 1 aromatic rings. The van der Waals surface area contributed by atoms with Gasteiger partial charge >= 0.3 is 18.4 Å². The van der Waals surface area contributed by atoms with Gasteiger partial charge in [0.2, 0.25) is 5.91 Å². The van der Waals surface area contributed by atoms with Crippen LogP contribution in [0.3, 0.4) is 0 Å². The number of hydrogen-bond donors (Lipinski definition) is 1. The van der Waals surface area contributed by atoms with E-state index in [4.69, 9.17) is 0 Å². The zero-order chi connectivity index (χ0) is 25.5. The number of nitrogens with zero attached hydrogens (tertiary/aromatic N) is 2. The second-order valence-corrected chi connectivity index (χ2v) is 10.7. The lowest BCUT2D eigenvalue weighted by Crippen LogP contribution is -2.49. The van der Waals surface area contributed by atoms with E-state index >= 15 is 0 Å². The van der Waals surface area contributed by atoms with Gasteiger partial charge in [0.05, 0.1) is 23.3 Å². The number of nitrogens with one attached hydrogen (secondary N) is 1. The first-order valence-electron chi connectivity index (χ1n) is 10.0. The summed E-state index contributed by atoms with van der Waals surface area (Å²) in [6, 6.07) is 2.95. The number of pyridine rings is 1. The van der Waals surface area contributed by atoms with Crippen LogP contribution in [0.4, 0.5) is 36.8 Å². The Balaban J connectivity index is 1.52. The molecule has 190 valence electrons. The smallest absolute Gasteiger partial charge is 0.426 e. The minimum absolute atomic E-state index is 0.146. The zero-order valence-electron chi connectivity index (χ0n) is 17.7. The van der Waals surface area contributed by atoms with Crippen LogP contribution < -0.4 is 5.32 Å². The van der Waals surface area contributed by atoms with Crippen molar-refractivity contribution in [3.8, 4) is 0 Å². The van der Waals surface area contributed by atoms with Gasteiger partial charge in [0, 0.05) is 25.3 Å². The highest BCUT2D eigenvalue weighted by molar-refractivity contribution is 7.89. The van der Waals surface area contributed by atoms with E-state index in [1.165, 1.54) is 18.3 Å². The molecule has 15 heteroatoms. The maximum absolute atomic E-state index is 12.6. The van der Waals surface area contributed by atoms with Gasteiger partial charge < -0.3 is 15.0 Å². The van der Waals surface area contributed by atoms with Gasteiger partial charge in [-0.3, -0.25) is 9.78 Å². The van der Waals surface area contributed by atoms with Crippen LogP contribution in [0.5, 0.6) is 0 Å². The fraction of sp³-hybridized carbons (Fsp3) is 0.632. The number of sulfone groups is 1. The molecule has 1 saturated heterocycles. The average molecular weight is 517 g/mol. The van der Waals surface area contributed by atoms with Gasteiger partial charge in [-0.15, -0.1) is 0 Å². The third-order valence-corrected chi connectivity index (χ3v) is 6.66. The molecule has 1 atom stereocenters. The Hall–Kier alpha value is -2.58. The highest BCUT2D eigenvalue weighted by Crippen LogP contribution is 2.59. The minimum atomic E-state index is -5.79. The van der Waals surface area contributed by atoms with Crippen molar-refractivity contribution in [3.05, 3.63) is 24.0 Å². The fourth-order valence-corrected chi connectivity index (χ4v) is 4.69. The molecule has 1 unspecified atom stereocenters. The van der Waals surface area contributed by atoms with Crippen molar-refractivity contribution in [1.82, 2.24) is 9.88 Å². The quantitative estimate of drug-likeness (QED) is 0.601. The minimum Gasteiger partial charge on any atom is -0.426 e. The van der Waals surface area contributed by atoms with Crippen LogP contribution in [0.2, 0.25) is 0 Å². The topological polar surface area (TPSA) is 106 Å². The highest BCUT2D eigenvalue weighted by atomic mass is 32.2. The summed E-state index contributed by atoms with van der Waals surface area (Å²) in [6.07, 6.45) is -14.2. The maximum Gasteiger partial charge on any atom is 0.434 e. The Labute approximate surface area is 190 Å². The van der Waals surface area contributed by atoms with Gasteiger partial charge in [-0.25, -0.2) is 13.2 Å². The Morgan fingerprint density at radius 3 is 2.24 bits per heavy atom. The molecule has 34 heavy (non-hydrogen) atoms. The third kappa shape index (κ3) is 6.30. The number of carbonyl (C=O) groups excluding carboxylic acids is 2. The monoisotopic (exact) mass is 517 g/mol.